The van der Waals surface area contributed by atoms with Gasteiger partial charge in [0.1, 0.15) is 12.2 Å². The number of hydrogen-bond acceptors (Lipinski definition) is 3. The monoisotopic (exact) mass is 270 g/mol. The van der Waals surface area contributed by atoms with Crippen molar-refractivity contribution < 1.29 is 4.79 Å². The number of nitrogens with one attached hydrogen (secondary N) is 2. The lowest BCUT2D eigenvalue weighted by molar-refractivity contribution is 0.0937. The van der Waals surface area contributed by atoms with Crippen molar-refractivity contribution in [3.05, 3.63) is 47.5 Å². The van der Waals surface area contributed by atoms with Gasteiger partial charge in [0, 0.05) is 17.5 Å². The van der Waals surface area contributed by atoms with E-state index >= 15 is 0 Å². The maximum Gasteiger partial charge on any atom is 0.251 e. The van der Waals surface area contributed by atoms with Crippen molar-refractivity contribution in [1.29, 1.82) is 0 Å². The van der Waals surface area contributed by atoms with Crippen LogP contribution >= 0.6 is 0 Å². The highest BCUT2D eigenvalue weighted by atomic mass is 16.1. The van der Waals surface area contributed by atoms with Crippen molar-refractivity contribution in [3.8, 4) is 0 Å². The first-order valence-electron chi connectivity index (χ1n) is 6.95. The van der Waals surface area contributed by atoms with Gasteiger partial charge >= 0.3 is 0 Å². The Kier molecular flexibility index (Phi) is 3.50. The molecule has 1 fully saturated rings. The Morgan fingerprint density at radius 1 is 1.40 bits per heavy atom. The van der Waals surface area contributed by atoms with Gasteiger partial charge in [0.05, 0.1) is 0 Å². The summed E-state index contributed by atoms with van der Waals surface area (Å²) in [5.41, 5.74) is 1.83. The summed E-state index contributed by atoms with van der Waals surface area (Å²) >= 11 is 0. The van der Waals surface area contributed by atoms with Crippen molar-refractivity contribution in [3.63, 3.8) is 0 Å². The second kappa shape index (κ2) is 5.45. The van der Waals surface area contributed by atoms with Gasteiger partial charge in [-0.25, -0.2) is 4.98 Å². The molecule has 1 amide bonds. The van der Waals surface area contributed by atoms with Gasteiger partial charge in [0.25, 0.3) is 5.91 Å². The van der Waals surface area contributed by atoms with Gasteiger partial charge in [-0.05, 0) is 38.3 Å². The molecule has 2 atom stereocenters. The zero-order valence-corrected chi connectivity index (χ0v) is 11.5. The molecule has 0 spiro atoms. The molecule has 5 heteroatoms. The molecule has 5 nitrogen and oxygen atoms in total. The van der Waals surface area contributed by atoms with E-state index in [-0.39, 0.29) is 11.9 Å². The lowest BCUT2D eigenvalue weighted by Gasteiger charge is -2.13. The van der Waals surface area contributed by atoms with E-state index in [1.807, 2.05) is 31.2 Å². The average molecular weight is 270 g/mol. The van der Waals surface area contributed by atoms with E-state index in [1.165, 1.54) is 6.33 Å². The predicted molar refractivity (Wildman–Crippen MR) is 75.4 cm³/mol. The molecule has 1 aliphatic carbocycles. The lowest BCUT2D eigenvalue weighted by atomic mass is 10.1. The molecule has 2 unspecified atom stereocenters. The summed E-state index contributed by atoms with van der Waals surface area (Å²) in [5, 5.41) is 9.92. The Hall–Kier alpha value is -2.17. The zero-order valence-electron chi connectivity index (χ0n) is 11.5. The number of hydrogen-bond donors (Lipinski definition) is 2. The second-order valence-corrected chi connectivity index (χ2v) is 5.42. The zero-order chi connectivity index (χ0) is 13.9. The third-order valence-electron chi connectivity index (χ3n) is 3.87. The molecule has 1 saturated carbocycles. The molecule has 1 aliphatic rings. The minimum Gasteiger partial charge on any atom is -0.349 e. The number of nitrogens with zero attached hydrogens (tertiary/aromatic N) is 2. The average Bonchev–Trinajstić information content (AvgIpc) is 3.08. The van der Waals surface area contributed by atoms with Crippen molar-refractivity contribution in [2.75, 3.05) is 0 Å². The molecule has 2 N–H and O–H groups in total. The van der Waals surface area contributed by atoms with Crippen LogP contribution in [0.15, 0.2) is 30.6 Å². The maximum absolute atomic E-state index is 12.2. The van der Waals surface area contributed by atoms with E-state index in [0.717, 1.165) is 36.2 Å². The van der Waals surface area contributed by atoms with Gasteiger partial charge < -0.3 is 5.32 Å². The summed E-state index contributed by atoms with van der Waals surface area (Å²) in [5.74, 6) is 1.31. The molecule has 20 heavy (non-hydrogen) atoms. The summed E-state index contributed by atoms with van der Waals surface area (Å²) in [4.78, 5) is 16.4. The fraction of sp³-hybridized carbons (Fsp3) is 0.400. The summed E-state index contributed by atoms with van der Waals surface area (Å²) < 4.78 is 0. The quantitative estimate of drug-likeness (QED) is 0.898. The Morgan fingerprint density at radius 2 is 2.30 bits per heavy atom. The number of aromatic nitrogens is 3. The van der Waals surface area contributed by atoms with Crippen LogP contribution in [0.3, 0.4) is 0 Å². The van der Waals surface area contributed by atoms with Crippen LogP contribution in [0.25, 0.3) is 0 Å². The molecule has 0 saturated heterocycles. The molecule has 0 bridgehead atoms. The Morgan fingerprint density at radius 3 is 3.05 bits per heavy atom. The number of aromatic amines is 1. The third-order valence-corrected chi connectivity index (χ3v) is 3.87. The van der Waals surface area contributed by atoms with Crippen LogP contribution in [0.5, 0.6) is 0 Å². The molecule has 0 aliphatic heterocycles. The minimum absolute atomic E-state index is 0.0110. The van der Waals surface area contributed by atoms with Gasteiger partial charge in [-0.2, -0.15) is 5.10 Å². The molecule has 1 heterocycles. The summed E-state index contributed by atoms with van der Waals surface area (Å²) in [6.07, 6.45) is 4.48. The number of benzene rings is 1. The van der Waals surface area contributed by atoms with Crippen molar-refractivity contribution in [1.82, 2.24) is 20.5 Å². The molecule has 1 aromatic carbocycles. The highest BCUT2D eigenvalue weighted by Gasteiger charge is 2.28. The molecule has 3 rings (SSSR count). The second-order valence-electron chi connectivity index (χ2n) is 5.42. The van der Waals surface area contributed by atoms with Crippen LogP contribution in [-0.2, 0) is 0 Å². The van der Waals surface area contributed by atoms with E-state index in [4.69, 9.17) is 0 Å². The minimum atomic E-state index is 0.0110. The first-order chi connectivity index (χ1) is 9.72. The standard InChI is InChI=1S/C15H18N4O/c1-10-3-2-4-12(7-10)15(20)18-13-6-5-11(8-13)14-16-9-17-19-14/h2-4,7,9,11,13H,5-6,8H2,1H3,(H,18,20)(H,16,17,19). The first kappa shape index (κ1) is 12.8. The Labute approximate surface area is 117 Å². The Balaban J connectivity index is 1.61. The van der Waals surface area contributed by atoms with Crippen LogP contribution < -0.4 is 5.32 Å². The van der Waals surface area contributed by atoms with Crippen LogP contribution in [0.2, 0.25) is 0 Å². The van der Waals surface area contributed by atoms with E-state index in [0.29, 0.717) is 5.92 Å². The van der Waals surface area contributed by atoms with Crippen molar-refractivity contribution >= 4 is 5.91 Å². The molecular weight excluding hydrogens is 252 g/mol. The third kappa shape index (κ3) is 2.71. The number of aryl methyl sites for hydroxylation is 1. The highest BCUT2D eigenvalue weighted by molar-refractivity contribution is 5.94. The van der Waals surface area contributed by atoms with Gasteiger partial charge in [-0.3, -0.25) is 9.89 Å². The largest absolute Gasteiger partial charge is 0.349 e. The van der Waals surface area contributed by atoms with E-state index in [9.17, 15) is 4.79 Å². The van der Waals surface area contributed by atoms with Gasteiger partial charge in [-0.15, -0.1) is 0 Å². The van der Waals surface area contributed by atoms with Crippen LogP contribution in [0.1, 0.15) is 46.9 Å². The smallest absolute Gasteiger partial charge is 0.251 e. The number of carbonyl (C=O) groups excluding carboxylic acids is 1. The SMILES string of the molecule is Cc1cccc(C(=O)NC2CCC(c3ncn[nH]3)C2)c1. The first-order valence-corrected chi connectivity index (χ1v) is 6.95. The number of amides is 1. The van der Waals surface area contributed by atoms with Gasteiger partial charge in [0.2, 0.25) is 0 Å². The maximum atomic E-state index is 12.2. The van der Waals surface area contributed by atoms with Crippen LogP contribution in [-0.4, -0.2) is 27.1 Å². The van der Waals surface area contributed by atoms with Crippen LogP contribution in [0, 0.1) is 6.92 Å². The van der Waals surface area contributed by atoms with Gasteiger partial charge in [-0.1, -0.05) is 17.7 Å². The normalized spacial score (nSPS) is 21.9. The summed E-state index contributed by atoms with van der Waals surface area (Å²) in [6.45, 7) is 1.99. The van der Waals surface area contributed by atoms with Crippen molar-refractivity contribution in [2.24, 2.45) is 0 Å². The Bertz CT molecular complexity index is 594. The molecular formula is C15H18N4O. The predicted octanol–water partition coefficient (Wildman–Crippen LogP) is 2.18. The summed E-state index contributed by atoms with van der Waals surface area (Å²) in [7, 11) is 0. The highest BCUT2D eigenvalue weighted by Crippen LogP contribution is 2.32. The summed E-state index contributed by atoms with van der Waals surface area (Å²) in [6, 6.07) is 7.89. The fourth-order valence-electron chi connectivity index (χ4n) is 2.83. The van der Waals surface area contributed by atoms with Gasteiger partial charge in [0.15, 0.2) is 0 Å². The molecule has 0 radical (unpaired) electrons. The van der Waals surface area contributed by atoms with Crippen molar-refractivity contribution in [2.45, 2.75) is 38.1 Å². The molecule has 104 valence electrons. The fourth-order valence-corrected chi connectivity index (χ4v) is 2.83. The van der Waals surface area contributed by atoms with E-state index in [2.05, 4.69) is 20.5 Å². The number of H-pyrrole nitrogens is 1. The topological polar surface area (TPSA) is 70.7 Å². The number of rotatable bonds is 3. The molecule has 2 aromatic rings. The number of carbonyl (C=O) groups is 1. The van der Waals surface area contributed by atoms with E-state index in [1.54, 1.807) is 0 Å². The van der Waals surface area contributed by atoms with Crippen LogP contribution in [0.4, 0.5) is 0 Å². The van der Waals surface area contributed by atoms with E-state index < -0.39 is 0 Å². The lowest BCUT2D eigenvalue weighted by Crippen LogP contribution is -2.32. The molecule has 1 aromatic heterocycles.